The van der Waals surface area contributed by atoms with Crippen LogP contribution >= 0.6 is 0 Å². The molecule has 40 heavy (non-hydrogen) atoms. The van der Waals surface area contributed by atoms with E-state index in [1.54, 1.807) is 19.6 Å². The molecule has 4 aliphatic heterocycles. The van der Waals surface area contributed by atoms with Gasteiger partial charge in [-0.05, 0) is 37.8 Å². The molecule has 0 radical (unpaired) electrons. The molecule has 0 bridgehead atoms. The lowest BCUT2D eigenvalue weighted by Gasteiger charge is -2.15. The molecule has 4 amide bonds. The number of nitrogens with zero attached hydrogens (tertiary/aromatic N) is 4. The van der Waals surface area contributed by atoms with Crippen LogP contribution in [-0.4, -0.2) is 109 Å². The van der Waals surface area contributed by atoms with E-state index in [4.69, 9.17) is 18.9 Å². The van der Waals surface area contributed by atoms with Gasteiger partial charge in [0.15, 0.2) is 0 Å². The first-order valence-electron chi connectivity index (χ1n) is 14.1. The number of cyclic esters (lactones) is 4. The molecular weight excluding hydrogens is 520 g/mol. The molecular formula is C28H40N4O8. The van der Waals surface area contributed by atoms with Crippen molar-refractivity contribution in [1.82, 2.24) is 19.6 Å². The van der Waals surface area contributed by atoms with Gasteiger partial charge in [0.25, 0.3) is 0 Å². The normalized spacial score (nSPS) is 22.2. The first kappa shape index (κ1) is 29.3. The lowest BCUT2D eigenvalue weighted by atomic mass is 10.1. The van der Waals surface area contributed by atoms with Crippen molar-refractivity contribution in [1.29, 1.82) is 0 Å². The van der Waals surface area contributed by atoms with E-state index >= 15 is 0 Å². The quantitative estimate of drug-likeness (QED) is 0.296. The number of ether oxygens (including phenoxy) is 4. The van der Waals surface area contributed by atoms with Crippen LogP contribution in [0.25, 0.3) is 0 Å². The number of hydrogen-bond acceptors (Lipinski definition) is 8. The predicted molar refractivity (Wildman–Crippen MR) is 143 cm³/mol. The molecule has 4 saturated heterocycles. The molecule has 4 fully saturated rings. The van der Waals surface area contributed by atoms with E-state index in [2.05, 4.69) is 0 Å². The number of rotatable bonds is 11. The van der Waals surface area contributed by atoms with Gasteiger partial charge in [-0.3, -0.25) is 0 Å². The molecule has 2 unspecified atom stereocenters. The van der Waals surface area contributed by atoms with Crippen molar-refractivity contribution in [2.45, 2.75) is 64.8 Å². The van der Waals surface area contributed by atoms with Gasteiger partial charge in [-0.2, -0.15) is 0 Å². The summed E-state index contributed by atoms with van der Waals surface area (Å²) in [6.45, 7) is 10.1. The Hall–Kier alpha value is -3.70. The minimum Gasteiger partial charge on any atom is -0.448 e. The third-order valence-corrected chi connectivity index (χ3v) is 7.14. The zero-order chi connectivity index (χ0) is 28.5. The van der Waals surface area contributed by atoms with Gasteiger partial charge in [0.05, 0.1) is 26.2 Å². The minimum atomic E-state index is -0.258. The van der Waals surface area contributed by atoms with Gasteiger partial charge in [0, 0.05) is 26.2 Å². The van der Waals surface area contributed by atoms with Crippen LogP contribution in [0.5, 0.6) is 0 Å². The Morgan fingerprint density at radius 3 is 1.50 bits per heavy atom. The van der Waals surface area contributed by atoms with Crippen LogP contribution in [-0.2, 0) is 32.0 Å². The predicted octanol–water partition coefficient (Wildman–Crippen LogP) is 3.82. The largest absolute Gasteiger partial charge is 0.448 e. The fourth-order valence-corrected chi connectivity index (χ4v) is 5.00. The van der Waals surface area contributed by atoms with Crippen LogP contribution in [0.2, 0.25) is 0 Å². The SMILES string of the molecule is CC1CN(CCCCCCN2CCOC2=O)C(=O)O1.CC1CN(Cc2ccc(CN3CCOC3=O)cc2)C(=O)O1. The number of benzene rings is 1. The molecule has 4 aliphatic rings. The standard InChI is InChI=1S/C15H18N2O4.C13H22N2O4/c1-11-8-17(15(19)21-11)10-13-4-2-12(3-5-13)9-16-6-7-20-14(16)18;1-11-10-15(13(17)19-11)7-5-3-2-4-6-14-8-9-18-12(14)16/h2-5,11H,6-10H2,1H3;11H,2-10H2,1H3. The first-order valence-corrected chi connectivity index (χ1v) is 14.1. The lowest BCUT2D eigenvalue weighted by Crippen LogP contribution is -2.26. The van der Waals surface area contributed by atoms with E-state index in [1.807, 2.05) is 38.1 Å². The molecule has 220 valence electrons. The van der Waals surface area contributed by atoms with E-state index in [9.17, 15) is 19.2 Å². The maximum absolute atomic E-state index is 11.6. The highest BCUT2D eigenvalue weighted by atomic mass is 16.6. The van der Waals surface area contributed by atoms with Crippen molar-refractivity contribution in [3.63, 3.8) is 0 Å². The summed E-state index contributed by atoms with van der Waals surface area (Å²) in [4.78, 5) is 52.4. The fraction of sp³-hybridized carbons (Fsp3) is 0.643. The second kappa shape index (κ2) is 14.1. The highest BCUT2D eigenvalue weighted by Gasteiger charge is 2.28. The van der Waals surface area contributed by atoms with Crippen LogP contribution in [0.1, 0.15) is 50.7 Å². The first-order chi connectivity index (χ1) is 19.3. The third-order valence-electron chi connectivity index (χ3n) is 7.14. The van der Waals surface area contributed by atoms with Crippen molar-refractivity contribution >= 4 is 24.4 Å². The Morgan fingerprint density at radius 2 is 1.05 bits per heavy atom. The van der Waals surface area contributed by atoms with Gasteiger partial charge in [-0.15, -0.1) is 0 Å². The summed E-state index contributed by atoms with van der Waals surface area (Å²) in [6, 6.07) is 7.91. The Bertz CT molecular complexity index is 1040. The van der Waals surface area contributed by atoms with E-state index in [1.165, 1.54) is 0 Å². The second-order valence-electron chi connectivity index (χ2n) is 10.6. The summed E-state index contributed by atoms with van der Waals surface area (Å²) in [7, 11) is 0. The molecule has 12 heteroatoms. The van der Waals surface area contributed by atoms with Crippen molar-refractivity contribution < 1.29 is 38.1 Å². The molecule has 1 aromatic rings. The van der Waals surface area contributed by atoms with E-state index in [0.29, 0.717) is 45.9 Å². The van der Waals surface area contributed by atoms with Crippen LogP contribution in [0.4, 0.5) is 19.2 Å². The summed E-state index contributed by atoms with van der Waals surface area (Å²) < 4.78 is 19.9. The third kappa shape index (κ3) is 8.40. The van der Waals surface area contributed by atoms with E-state index in [0.717, 1.165) is 56.4 Å². The maximum Gasteiger partial charge on any atom is 0.410 e. The molecule has 4 heterocycles. The van der Waals surface area contributed by atoms with E-state index < -0.39 is 0 Å². The number of carbonyl (C=O) groups is 4. The average Bonchev–Trinajstić information content (AvgIpc) is 3.68. The molecule has 1 aromatic carbocycles. The van der Waals surface area contributed by atoms with Crippen molar-refractivity contribution in [2.24, 2.45) is 0 Å². The van der Waals surface area contributed by atoms with Gasteiger partial charge in [-0.25, -0.2) is 19.2 Å². The van der Waals surface area contributed by atoms with Gasteiger partial charge >= 0.3 is 24.4 Å². The summed E-state index contributed by atoms with van der Waals surface area (Å²) in [5, 5.41) is 0. The summed E-state index contributed by atoms with van der Waals surface area (Å²) >= 11 is 0. The Balaban J connectivity index is 0.000000186. The smallest absolute Gasteiger partial charge is 0.410 e. The monoisotopic (exact) mass is 560 g/mol. The van der Waals surface area contributed by atoms with Gasteiger partial charge in [-0.1, -0.05) is 37.1 Å². The molecule has 0 aromatic heterocycles. The molecule has 5 rings (SSSR count). The Labute approximate surface area is 235 Å². The van der Waals surface area contributed by atoms with Crippen LogP contribution in [0, 0.1) is 0 Å². The molecule has 0 aliphatic carbocycles. The average molecular weight is 561 g/mol. The van der Waals surface area contributed by atoms with Gasteiger partial charge in [0.1, 0.15) is 25.4 Å². The summed E-state index contributed by atoms with van der Waals surface area (Å²) in [6.07, 6.45) is 3.22. The van der Waals surface area contributed by atoms with Crippen LogP contribution in [0.3, 0.4) is 0 Å². The van der Waals surface area contributed by atoms with E-state index in [-0.39, 0.29) is 36.6 Å². The van der Waals surface area contributed by atoms with Crippen molar-refractivity contribution in [2.75, 3.05) is 52.5 Å². The minimum absolute atomic E-state index is 0.0219. The molecule has 0 N–H and O–H groups in total. The highest BCUT2D eigenvalue weighted by molar-refractivity contribution is 5.70. The lowest BCUT2D eigenvalue weighted by molar-refractivity contribution is 0.137. The van der Waals surface area contributed by atoms with Crippen LogP contribution < -0.4 is 0 Å². The second-order valence-corrected chi connectivity index (χ2v) is 10.6. The summed E-state index contributed by atoms with van der Waals surface area (Å²) in [5.41, 5.74) is 2.10. The van der Waals surface area contributed by atoms with Crippen molar-refractivity contribution in [3.8, 4) is 0 Å². The summed E-state index contributed by atoms with van der Waals surface area (Å²) in [5.74, 6) is 0. The zero-order valence-corrected chi connectivity index (χ0v) is 23.4. The zero-order valence-electron chi connectivity index (χ0n) is 23.4. The molecule has 0 spiro atoms. The fourth-order valence-electron chi connectivity index (χ4n) is 5.00. The molecule has 12 nitrogen and oxygen atoms in total. The topological polar surface area (TPSA) is 118 Å². The van der Waals surface area contributed by atoms with Crippen molar-refractivity contribution in [3.05, 3.63) is 35.4 Å². The number of amides is 4. The number of carbonyl (C=O) groups excluding carboxylic acids is 4. The molecule has 2 atom stereocenters. The van der Waals surface area contributed by atoms with Crippen LogP contribution in [0.15, 0.2) is 24.3 Å². The highest BCUT2D eigenvalue weighted by Crippen LogP contribution is 2.17. The molecule has 0 saturated carbocycles. The van der Waals surface area contributed by atoms with Gasteiger partial charge < -0.3 is 38.5 Å². The Kier molecular flexibility index (Phi) is 10.3. The number of unbranched alkanes of at least 4 members (excludes halogenated alkanes) is 3. The Morgan fingerprint density at radius 1 is 0.600 bits per heavy atom. The maximum atomic E-state index is 11.6. The number of hydrogen-bond donors (Lipinski definition) is 0. The van der Waals surface area contributed by atoms with Gasteiger partial charge in [0.2, 0.25) is 0 Å².